The molecular formula is C29H24Cl2N2O7S. The van der Waals surface area contributed by atoms with Crippen LogP contribution >= 0.6 is 23.2 Å². The fourth-order valence-electron chi connectivity index (χ4n) is 4.85. The highest BCUT2D eigenvalue weighted by Crippen LogP contribution is 2.35. The summed E-state index contributed by atoms with van der Waals surface area (Å²) in [5.41, 5.74) is 2.56. The van der Waals surface area contributed by atoms with Crippen LogP contribution in [0.15, 0.2) is 59.1 Å². The molecule has 12 heteroatoms. The molecule has 0 aliphatic carbocycles. The number of hydrogen-bond donors (Lipinski definition) is 2. The maximum absolute atomic E-state index is 13.2. The predicted molar refractivity (Wildman–Crippen MR) is 153 cm³/mol. The van der Waals surface area contributed by atoms with Gasteiger partial charge in [0, 0.05) is 31.3 Å². The van der Waals surface area contributed by atoms with E-state index in [-0.39, 0.29) is 38.5 Å². The van der Waals surface area contributed by atoms with Crippen molar-refractivity contribution in [3.05, 3.63) is 97.7 Å². The third kappa shape index (κ3) is 5.95. The number of aliphatic carboxylic acids is 1. The van der Waals surface area contributed by atoms with Crippen LogP contribution < -0.4 is 10.1 Å². The first-order valence-electron chi connectivity index (χ1n) is 12.5. The lowest BCUT2D eigenvalue weighted by atomic mass is 9.95. The second-order valence-corrected chi connectivity index (χ2v) is 12.5. The summed E-state index contributed by atoms with van der Waals surface area (Å²) in [5, 5.41) is 12.1. The van der Waals surface area contributed by atoms with E-state index in [0.717, 1.165) is 24.3 Å². The monoisotopic (exact) mass is 614 g/mol. The molecule has 2 aliphatic heterocycles. The molecule has 9 nitrogen and oxygen atoms in total. The fourth-order valence-corrected chi connectivity index (χ4v) is 6.29. The average molecular weight is 615 g/mol. The van der Waals surface area contributed by atoms with Crippen LogP contribution in [0.25, 0.3) is 6.08 Å². The quantitative estimate of drug-likeness (QED) is 0.394. The topological polar surface area (TPSA) is 130 Å². The van der Waals surface area contributed by atoms with Crippen molar-refractivity contribution in [2.75, 3.05) is 19.4 Å². The second kappa shape index (κ2) is 11.2. The maximum Gasteiger partial charge on any atom is 0.352 e. The lowest BCUT2D eigenvalue weighted by Crippen LogP contribution is -2.36. The molecule has 0 saturated heterocycles. The van der Waals surface area contributed by atoms with E-state index in [1.807, 2.05) is 6.07 Å². The lowest BCUT2D eigenvalue weighted by molar-refractivity contribution is -0.132. The number of halogens is 2. The number of fused-ring (bicyclic) bond motifs is 2. The molecule has 0 fully saturated rings. The normalized spacial score (nSPS) is 14.6. The fraction of sp³-hybridized carbons (Fsp3) is 0.207. The Morgan fingerprint density at radius 3 is 2.56 bits per heavy atom. The Bertz CT molecular complexity index is 1750. The number of carboxylic acids is 1. The van der Waals surface area contributed by atoms with Crippen molar-refractivity contribution < 1.29 is 32.6 Å². The van der Waals surface area contributed by atoms with Crippen molar-refractivity contribution >= 4 is 56.9 Å². The smallest absolute Gasteiger partial charge is 0.352 e. The standard InChI is InChI=1S/C29H24Cl2N2O7S/c1-41(38,39)20-4-2-3-16(11-20)12-23(29(36)37)32-27(34)25-22(30)13-19-15-33(9-7-21(19)26(25)31)28(35)18-6-5-17-8-10-40-24(17)14-18/h2-6,11-14H,7-10,15H2,1H3,(H,32,34)(H,36,37)/b23-12-. The highest BCUT2D eigenvalue weighted by molar-refractivity contribution is 7.90. The number of ether oxygens (including phenoxy) is 1. The summed E-state index contributed by atoms with van der Waals surface area (Å²) in [6.07, 6.45) is 3.35. The van der Waals surface area contributed by atoms with Crippen molar-refractivity contribution in [3.8, 4) is 5.75 Å². The van der Waals surface area contributed by atoms with Crippen LogP contribution in [0.5, 0.6) is 5.75 Å². The van der Waals surface area contributed by atoms with E-state index in [1.165, 1.54) is 24.3 Å². The first-order chi connectivity index (χ1) is 19.4. The van der Waals surface area contributed by atoms with Gasteiger partial charge in [-0.3, -0.25) is 9.59 Å². The third-order valence-corrected chi connectivity index (χ3v) is 8.76. The van der Waals surface area contributed by atoms with Crippen LogP contribution in [0.4, 0.5) is 0 Å². The summed E-state index contributed by atoms with van der Waals surface area (Å²) in [4.78, 5) is 40.0. The number of amides is 2. The molecule has 0 radical (unpaired) electrons. The number of carboxylic acid groups (broad SMARTS) is 1. The molecule has 0 atom stereocenters. The SMILES string of the molecule is CS(=O)(=O)c1cccc(/C=C(\NC(=O)c2c(Cl)cc3c(c2Cl)CCN(C(=O)c2ccc4c(c2)OCC4)C3)C(=O)O)c1. The van der Waals surface area contributed by atoms with Gasteiger partial charge in [-0.1, -0.05) is 41.4 Å². The highest BCUT2D eigenvalue weighted by Gasteiger charge is 2.29. The number of rotatable bonds is 6. The Labute approximate surface area is 246 Å². The van der Waals surface area contributed by atoms with Gasteiger partial charge in [0.2, 0.25) is 0 Å². The first kappa shape index (κ1) is 28.7. The molecule has 0 spiro atoms. The Morgan fingerprint density at radius 1 is 1.05 bits per heavy atom. The zero-order valence-electron chi connectivity index (χ0n) is 21.7. The summed E-state index contributed by atoms with van der Waals surface area (Å²) < 4.78 is 29.3. The molecule has 212 valence electrons. The molecule has 2 aliphatic rings. The zero-order valence-corrected chi connectivity index (χ0v) is 24.1. The summed E-state index contributed by atoms with van der Waals surface area (Å²) in [5.74, 6) is -1.74. The van der Waals surface area contributed by atoms with Gasteiger partial charge in [-0.25, -0.2) is 13.2 Å². The van der Waals surface area contributed by atoms with Crippen LogP contribution in [-0.2, 0) is 34.0 Å². The number of carbonyl (C=O) groups is 3. The van der Waals surface area contributed by atoms with E-state index in [9.17, 15) is 27.9 Å². The summed E-state index contributed by atoms with van der Waals surface area (Å²) in [7, 11) is -3.52. The van der Waals surface area contributed by atoms with Gasteiger partial charge in [-0.05, 0) is 65.1 Å². The van der Waals surface area contributed by atoms with E-state index >= 15 is 0 Å². The predicted octanol–water partition coefficient (Wildman–Crippen LogP) is 4.39. The van der Waals surface area contributed by atoms with Crippen molar-refractivity contribution in [2.45, 2.75) is 24.3 Å². The number of nitrogens with zero attached hydrogens (tertiary/aromatic N) is 1. The number of benzene rings is 3. The van der Waals surface area contributed by atoms with Crippen LogP contribution in [-0.4, -0.2) is 55.6 Å². The Balaban J connectivity index is 1.38. The summed E-state index contributed by atoms with van der Waals surface area (Å²) in [6.45, 7) is 1.17. The van der Waals surface area contributed by atoms with Crippen LogP contribution in [0.3, 0.4) is 0 Å². The highest BCUT2D eigenvalue weighted by atomic mass is 35.5. The molecule has 2 amide bonds. The average Bonchev–Trinajstić information content (AvgIpc) is 3.39. The van der Waals surface area contributed by atoms with Crippen LogP contribution in [0.1, 0.15) is 43.0 Å². The van der Waals surface area contributed by atoms with Gasteiger partial charge in [-0.2, -0.15) is 0 Å². The Hall–Kier alpha value is -3.86. The van der Waals surface area contributed by atoms with Gasteiger partial charge >= 0.3 is 5.97 Å². The molecule has 0 unspecified atom stereocenters. The minimum absolute atomic E-state index is 0.000115. The van der Waals surface area contributed by atoms with Crippen LogP contribution in [0.2, 0.25) is 10.0 Å². The van der Waals surface area contributed by atoms with Gasteiger partial charge in [-0.15, -0.1) is 0 Å². The van der Waals surface area contributed by atoms with E-state index in [1.54, 1.807) is 23.1 Å². The summed E-state index contributed by atoms with van der Waals surface area (Å²) in [6, 6.07) is 12.6. The third-order valence-electron chi connectivity index (χ3n) is 6.94. The molecule has 0 aromatic heterocycles. The Morgan fingerprint density at radius 2 is 1.83 bits per heavy atom. The number of hydrogen-bond acceptors (Lipinski definition) is 6. The molecule has 0 bridgehead atoms. The molecule has 3 aromatic carbocycles. The minimum atomic E-state index is -3.52. The number of nitrogens with one attached hydrogen (secondary N) is 1. The van der Waals surface area contributed by atoms with Crippen LogP contribution in [0, 0.1) is 0 Å². The lowest BCUT2D eigenvalue weighted by Gasteiger charge is -2.30. The number of carbonyl (C=O) groups excluding carboxylic acids is 2. The van der Waals surface area contributed by atoms with E-state index in [0.29, 0.717) is 42.0 Å². The van der Waals surface area contributed by atoms with Gasteiger partial charge in [0.1, 0.15) is 11.4 Å². The van der Waals surface area contributed by atoms with E-state index < -0.39 is 27.4 Å². The van der Waals surface area contributed by atoms with Gasteiger partial charge in [0.25, 0.3) is 11.8 Å². The Kier molecular flexibility index (Phi) is 7.83. The van der Waals surface area contributed by atoms with E-state index in [4.69, 9.17) is 27.9 Å². The van der Waals surface area contributed by atoms with Crippen molar-refractivity contribution in [1.29, 1.82) is 0 Å². The zero-order chi connectivity index (χ0) is 29.5. The van der Waals surface area contributed by atoms with E-state index in [2.05, 4.69) is 5.32 Å². The molecule has 0 saturated carbocycles. The largest absolute Gasteiger partial charge is 0.493 e. The molecular weight excluding hydrogens is 591 g/mol. The van der Waals surface area contributed by atoms with Gasteiger partial charge in [0.05, 0.1) is 27.1 Å². The molecule has 41 heavy (non-hydrogen) atoms. The molecule has 2 heterocycles. The van der Waals surface area contributed by atoms with Crippen molar-refractivity contribution in [2.24, 2.45) is 0 Å². The minimum Gasteiger partial charge on any atom is -0.493 e. The van der Waals surface area contributed by atoms with Crippen molar-refractivity contribution in [1.82, 2.24) is 10.2 Å². The van der Waals surface area contributed by atoms with Gasteiger partial charge in [0.15, 0.2) is 9.84 Å². The first-order valence-corrected chi connectivity index (χ1v) is 15.2. The maximum atomic E-state index is 13.2. The van der Waals surface area contributed by atoms with Gasteiger partial charge < -0.3 is 20.1 Å². The second-order valence-electron chi connectivity index (χ2n) is 9.74. The molecule has 2 N–H and O–H groups in total. The molecule has 5 rings (SSSR count). The summed E-state index contributed by atoms with van der Waals surface area (Å²) >= 11 is 13.1. The van der Waals surface area contributed by atoms with Crippen molar-refractivity contribution in [3.63, 3.8) is 0 Å². The number of sulfone groups is 1. The molecule has 3 aromatic rings.